The minimum absolute atomic E-state index is 0.190. The van der Waals surface area contributed by atoms with Gasteiger partial charge >= 0.3 is 6.03 Å². The van der Waals surface area contributed by atoms with Gasteiger partial charge in [0.1, 0.15) is 19.0 Å². The van der Waals surface area contributed by atoms with Crippen molar-refractivity contribution in [2.45, 2.75) is 12.5 Å². The molecule has 8 heteroatoms. The van der Waals surface area contributed by atoms with E-state index in [1.807, 2.05) is 59.5 Å². The number of carbonyl (C=O) groups is 1. The van der Waals surface area contributed by atoms with Gasteiger partial charge in [-0.1, -0.05) is 23.7 Å². The van der Waals surface area contributed by atoms with Crippen LogP contribution in [0.2, 0.25) is 5.02 Å². The Hall–Kier alpha value is -3.84. The van der Waals surface area contributed by atoms with Gasteiger partial charge in [-0.25, -0.2) is 4.79 Å². The van der Waals surface area contributed by atoms with Gasteiger partial charge in [0.05, 0.1) is 13.2 Å². The van der Waals surface area contributed by atoms with Crippen LogP contribution in [0.5, 0.6) is 17.2 Å². The fourth-order valence-corrected chi connectivity index (χ4v) is 5.10. The van der Waals surface area contributed by atoms with Crippen molar-refractivity contribution in [2.24, 2.45) is 0 Å². The lowest BCUT2D eigenvalue weighted by Gasteiger charge is -2.36. The van der Waals surface area contributed by atoms with Crippen molar-refractivity contribution in [3.63, 3.8) is 0 Å². The molecule has 178 valence electrons. The third-order valence-corrected chi connectivity index (χ3v) is 6.81. The minimum atomic E-state index is -0.298. The van der Waals surface area contributed by atoms with E-state index in [0.29, 0.717) is 42.0 Å². The average Bonchev–Trinajstić information content (AvgIpc) is 3.26. The number of hydrogen-bond acceptors (Lipinski definition) is 4. The van der Waals surface area contributed by atoms with Crippen LogP contribution in [0.15, 0.2) is 60.7 Å². The van der Waals surface area contributed by atoms with E-state index in [0.717, 1.165) is 34.3 Å². The van der Waals surface area contributed by atoms with Gasteiger partial charge in [0.2, 0.25) is 0 Å². The van der Waals surface area contributed by atoms with Crippen molar-refractivity contribution in [1.82, 2.24) is 9.88 Å². The van der Waals surface area contributed by atoms with Gasteiger partial charge in [-0.3, -0.25) is 0 Å². The monoisotopic (exact) mass is 489 g/mol. The number of ether oxygens (including phenoxy) is 3. The van der Waals surface area contributed by atoms with Crippen molar-refractivity contribution in [2.75, 3.05) is 32.2 Å². The third kappa shape index (κ3) is 3.91. The van der Waals surface area contributed by atoms with E-state index in [1.54, 1.807) is 13.2 Å². The summed E-state index contributed by atoms with van der Waals surface area (Å²) in [5.74, 6) is 2.08. The molecular weight excluding hydrogens is 466 g/mol. The highest BCUT2D eigenvalue weighted by Crippen LogP contribution is 2.40. The number of benzene rings is 3. The van der Waals surface area contributed by atoms with E-state index in [2.05, 4.69) is 10.3 Å². The average molecular weight is 490 g/mol. The van der Waals surface area contributed by atoms with Crippen molar-refractivity contribution in [3.05, 3.63) is 82.5 Å². The third-order valence-electron chi connectivity index (χ3n) is 6.57. The lowest BCUT2D eigenvalue weighted by Crippen LogP contribution is -2.43. The fourth-order valence-electron chi connectivity index (χ4n) is 4.93. The second-order valence-electron chi connectivity index (χ2n) is 8.61. The Bertz CT molecular complexity index is 1420. The number of fused-ring (bicyclic) bond motifs is 4. The summed E-state index contributed by atoms with van der Waals surface area (Å²) >= 11 is 6.30. The Labute approximate surface area is 207 Å². The zero-order valence-corrected chi connectivity index (χ0v) is 19.9. The SMILES string of the molecule is COc1ccc([C@@H]2c3[nH]c4ccc(Cl)cc4c3CCN2C(=O)Nc2ccc3c(c2)OCCO3)cc1. The molecule has 2 aliphatic heterocycles. The molecule has 0 saturated heterocycles. The first-order valence-corrected chi connectivity index (χ1v) is 11.9. The van der Waals surface area contributed by atoms with Crippen LogP contribution >= 0.6 is 11.6 Å². The first-order valence-electron chi connectivity index (χ1n) is 11.5. The van der Waals surface area contributed by atoms with Gasteiger partial charge in [-0.15, -0.1) is 0 Å². The van der Waals surface area contributed by atoms with Gasteiger partial charge in [0.25, 0.3) is 0 Å². The highest BCUT2D eigenvalue weighted by atomic mass is 35.5. The molecule has 3 heterocycles. The molecule has 0 aliphatic carbocycles. The van der Waals surface area contributed by atoms with Crippen molar-refractivity contribution >= 4 is 34.2 Å². The maximum Gasteiger partial charge on any atom is 0.322 e. The number of rotatable bonds is 3. The largest absolute Gasteiger partial charge is 0.497 e. The number of aromatic amines is 1. The first-order chi connectivity index (χ1) is 17.1. The van der Waals surface area contributed by atoms with Gasteiger partial charge in [-0.05, 0) is 60.0 Å². The summed E-state index contributed by atoms with van der Waals surface area (Å²) in [5.41, 5.74) is 4.83. The normalized spacial score (nSPS) is 16.6. The lowest BCUT2D eigenvalue weighted by molar-refractivity contribution is 0.171. The van der Waals surface area contributed by atoms with Crippen LogP contribution < -0.4 is 19.5 Å². The van der Waals surface area contributed by atoms with E-state index >= 15 is 0 Å². The number of halogens is 1. The van der Waals surface area contributed by atoms with Crippen molar-refractivity contribution < 1.29 is 19.0 Å². The van der Waals surface area contributed by atoms with E-state index in [4.69, 9.17) is 25.8 Å². The predicted octanol–water partition coefficient (Wildman–Crippen LogP) is 5.78. The first kappa shape index (κ1) is 21.7. The minimum Gasteiger partial charge on any atom is -0.497 e. The smallest absolute Gasteiger partial charge is 0.322 e. The van der Waals surface area contributed by atoms with E-state index in [-0.39, 0.29) is 12.1 Å². The number of nitrogens with one attached hydrogen (secondary N) is 2. The molecule has 0 spiro atoms. The molecule has 1 aromatic heterocycles. The Kier molecular flexibility index (Phi) is 5.41. The molecule has 2 amide bonds. The zero-order chi connectivity index (χ0) is 23.9. The molecule has 35 heavy (non-hydrogen) atoms. The molecule has 0 unspecified atom stereocenters. The molecule has 6 rings (SSSR count). The topological polar surface area (TPSA) is 75.8 Å². The maximum atomic E-state index is 13.6. The summed E-state index contributed by atoms with van der Waals surface area (Å²) in [6, 6.07) is 18.6. The molecule has 1 atom stereocenters. The van der Waals surface area contributed by atoms with Crippen LogP contribution in [0.25, 0.3) is 10.9 Å². The number of methoxy groups -OCH3 is 1. The van der Waals surface area contributed by atoms with Crippen LogP contribution in [0.4, 0.5) is 10.5 Å². The van der Waals surface area contributed by atoms with Crippen LogP contribution in [0.3, 0.4) is 0 Å². The number of nitrogens with zero attached hydrogens (tertiary/aromatic N) is 1. The second kappa shape index (κ2) is 8.74. The van der Waals surface area contributed by atoms with E-state index in [1.165, 1.54) is 5.56 Å². The summed E-state index contributed by atoms with van der Waals surface area (Å²) < 4.78 is 16.6. The van der Waals surface area contributed by atoms with Crippen LogP contribution in [-0.4, -0.2) is 42.8 Å². The van der Waals surface area contributed by atoms with Crippen LogP contribution in [0, 0.1) is 0 Å². The number of H-pyrrole nitrogens is 1. The van der Waals surface area contributed by atoms with Crippen molar-refractivity contribution in [1.29, 1.82) is 0 Å². The van der Waals surface area contributed by atoms with Crippen LogP contribution in [0.1, 0.15) is 22.9 Å². The molecule has 0 bridgehead atoms. The zero-order valence-electron chi connectivity index (χ0n) is 19.1. The maximum absolute atomic E-state index is 13.6. The number of carbonyl (C=O) groups excluding carboxylic acids is 1. The van der Waals surface area contributed by atoms with Gasteiger partial charge in [-0.2, -0.15) is 0 Å². The molecule has 3 aromatic carbocycles. The summed E-state index contributed by atoms with van der Waals surface area (Å²) in [7, 11) is 1.64. The number of amides is 2. The fraction of sp³-hybridized carbons (Fsp3) is 0.222. The van der Waals surface area contributed by atoms with Gasteiger partial charge in [0, 0.05) is 39.9 Å². The molecule has 0 radical (unpaired) electrons. The highest BCUT2D eigenvalue weighted by molar-refractivity contribution is 6.31. The Morgan fingerprint density at radius 3 is 2.66 bits per heavy atom. The summed E-state index contributed by atoms with van der Waals surface area (Å²) in [6.07, 6.45) is 0.719. The van der Waals surface area contributed by atoms with Gasteiger partial charge in [0.15, 0.2) is 11.5 Å². The molecule has 0 fully saturated rings. The van der Waals surface area contributed by atoms with Crippen LogP contribution in [-0.2, 0) is 6.42 Å². The summed E-state index contributed by atoms with van der Waals surface area (Å²) in [6.45, 7) is 1.57. The quantitative estimate of drug-likeness (QED) is 0.382. The highest BCUT2D eigenvalue weighted by Gasteiger charge is 2.35. The molecule has 0 saturated carbocycles. The van der Waals surface area contributed by atoms with E-state index < -0.39 is 0 Å². The standard InChI is InChI=1S/C27H24ClN3O4/c1-33-19-6-2-16(3-7-19)26-25-20(21-14-17(28)4-8-22(21)30-25)10-11-31(26)27(32)29-18-5-9-23-24(15-18)35-13-12-34-23/h2-9,14-15,26,30H,10-13H2,1H3,(H,29,32)/t26-/m1/s1. The van der Waals surface area contributed by atoms with Crippen molar-refractivity contribution in [3.8, 4) is 17.2 Å². The summed E-state index contributed by atoms with van der Waals surface area (Å²) in [5, 5.41) is 4.84. The molecule has 2 aliphatic rings. The Balaban J connectivity index is 1.38. The number of urea groups is 1. The molecular formula is C27H24ClN3O4. The lowest BCUT2D eigenvalue weighted by atomic mass is 9.92. The van der Waals surface area contributed by atoms with Gasteiger partial charge < -0.3 is 29.4 Å². The Morgan fingerprint density at radius 2 is 1.86 bits per heavy atom. The molecule has 4 aromatic rings. The number of aromatic nitrogens is 1. The second-order valence-corrected chi connectivity index (χ2v) is 9.05. The predicted molar refractivity (Wildman–Crippen MR) is 135 cm³/mol. The Morgan fingerprint density at radius 1 is 1.06 bits per heavy atom. The molecule has 7 nitrogen and oxygen atoms in total. The number of anilines is 1. The molecule has 2 N–H and O–H groups in total. The summed E-state index contributed by atoms with van der Waals surface area (Å²) in [4.78, 5) is 19.0. The number of hydrogen-bond donors (Lipinski definition) is 2. The van der Waals surface area contributed by atoms with E-state index in [9.17, 15) is 4.79 Å².